The molecular formula is C15H29NOS. The second kappa shape index (κ2) is 5.72. The zero-order chi connectivity index (χ0) is 13.2. The van der Waals surface area contributed by atoms with Crippen LogP contribution in [0.2, 0.25) is 0 Å². The number of rotatable bonds is 3. The van der Waals surface area contributed by atoms with E-state index in [9.17, 15) is 5.11 Å². The Morgan fingerprint density at radius 1 is 1.22 bits per heavy atom. The average molecular weight is 271 g/mol. The van der Waals surface area contributed by atoms with Crippen LogP contribution < -0.4 is 0 Å². The van der Waals surface area contributed by atoms with Crippen molar-refractivity contribution in [2.45, 2.75) is 58.5 Å². The minimum absolute atomic E-state index is 0.0463. The lowest BCUT2D eigenvalue weighted by molar-refractivity contribution is -0.0379. The predicted octanol–water partition coefficient (Wildman–Crippen LogP) is 2.96. The Hall–Kier alpha value is 0.270. The fourth-order valence-corrected chi connectivity index (χ4v) is 4.15. The SMILES string of the molecule is CC1(C)CN(CC2(CS)CCCCC2)CCC1O. The molecule has 2 rings (SSSR count). The zero-order valence-corrected chi connectivity index (χ0v) is 12.9. The summed E-state index contributed by atoms with van der Waals surface area (Å²) in [7, 11) is 0. The van der Waals surface area contributed by atoms with E-state index in [1.165, 1.54) is 38.6 Å². The number of piperidine rings is 1. The van der Waals surface area contributed by atoms with Gasteiger partial charge < -0.3 is 10.0 Å². The van der Waals surface area contributed by atoms with Crippen LogP contribution in [0.3, 0.4) is 0 Å². The molecule has 0 aromatic heterocycles. The number of likely N-dealkylation sites (tertiary alicyclic amines) is 1. The second-order valence-electron chi connectivity index (χ2n) is 7.22. The standard InChI is InChI=1S/C15H29NOS/c1-14(2)10-16(9-6-13(14)17)11-15(12-18)7-4-3-5-8-15/h13,17-18H,3-12H2,1-2H3. The molecule has 3 heteroatoms. The van der Waals surface area contributed by atoms with Crippen LogP contribution in [0.1, 0.15) is 52.4 Å². The normalized spacial score (nSPS) is 32.3. The molecule has 2 nitrogen and oxygen atoms in total. The molecule has 0 spiro atoms. The van der Waals surface area contributed by atoms with Crippen LogP contribution in [0, 0.1) is 10.8 Å². The Balaban J connectivity index is 1.96. The zero-order valence-electron chi connectivity index (χ0n) is 12.0. The fraction of sp³-hybridized carbons (Fsp3) is 1.00. The molecule has 1 aliphatic carbocycles. The molecule has 0 aromatic rings. The highest BCUT2D eigenvalue weighted by Crippen LogP contribution is 2.39. The third-order valence-corrected chi connectivity index (χ3v) is 5.73. The van der Waals surface area contributed by atoms with E-state index < -0.39 is 0 Å². The summed E-state index contributed by atoms with van der Waals surface area (Å²) in [4.78, 5) is 2.58. The molecule has 18 heavy (non-hydrogen) atoms. The Bertz CT molecular complexity index is 274. The highest BCUT2D eigenvalue weighted by molar-refractivity contribution is 7.80. The molecule has 1 unspecified atom stereocenters. The number of aliphatic hydroxyl groups excluding tert-OH is 1. The highest BCUT2D eigenvalue weighted by atomic mass is 32.1. The summed E-state index contributed by atoms with van der Waals surface area (Å²) in [6.07, 6.45) is 7.63. The molecule has 1 N–H and O–H groups in total. The number of aliphatic hydroxyl groups is 1. The molecule has 106 valence electrons. The van der Waals surface area contributed by atoms with E-state index in [1.807, 2.05) is 0 Å². The fourth-order valence-electron chi connectivity index (χ4n) is 3.73. The number of hydrogen-bond donors (Lipinski definition) is 2. The van der Waals surface area contributed by atoms with E-state index in [1.54, 1.807) is 0 Å². The molecule has 2 fully saturated rings. The van der Waals surface area contributed by atoms with Crippen molar-refractivity contribution in [1.82, 2.24) is 4.90 Å². The number of hydrogen-bond acceptors (Lipinski definition) is 3. The van der Waals surface area contributed by atoms with Crippen LogP contribution in [-0.4, -0.2) is 41.5 Å². The van der Waals surface area contributed by atoms with Gasteiger partial charge in [-0.3, -0.25) is 0 Å². The van der Waals surface area contributed by atoms with Gasteiger partial charge >= 0.3 is 0 Å². The highest BCUT2D eigenvalue weighted by Gasteiger charge is 2.38. The maximum atomic E-state index is 10.0. The lowest BCUT2D eigenvalue weighted by Gasteiger charge is -2.47. The third kappa shape index (κ3) is 3.23. The summed E-state index contributed by atoms with van der Waals surface area (Å²) in [6.45, 7) is 7.66. The lowest BCUT2D eigenvalue weighted by Crippen LogP contribution is -2.52. The molecule has 1 heterocycles. The van der Waals surface area contributed by atoms with Crippen molar-refractivity contribution in [2.24, 2.45) is 10.8 Å². The van der Waals surface area contributed by atoms with Crippen molar-refractivity contribution in [3.8, 4) is 0 Å². The van der Waals surface area contributed by atoms with E-state index in [2.05, 4.69) is 31.4 Å². The number of thiol groups is 1. The van der Waals surface area contributed by atoms with Crippen molar-refractivity contribution < 1.29 is 5.11 Å². The summed E-state index contributed by atoms with van der Waals surface area (Å²) < 4.78 is 0. The largest absolute Gasteiger partial charge is 0.392 e. The van der Waals surface area contributed by atoms with Gasteiger partial charge in [-0.05, 0) is 30.4 Å². The monoisotopic (exact) mass is 271 g/mol. The van der Waals surface area contributed by atoms with E-state index in [-0.39, 0.29) is 11.5 Å². The first-order valence-corrected chi connectivity index (χ1v) is 8.12. The van der Waals surface area contributed by atoms with Crippen molar-refractivity contribution in [3.63, 3.8) is 0 Å². The van der Waals surface area contributed by atoms with Crippen LogP contribution in [0.15, 0.2) is 0 Å². The van der Waals surface area contributed by atoms with Gasteiger partial charge in [-0.2, -0.15) is 12.6 Å². The van der Waals surface area contributed by atoms with Gasteiger partial charge in [0.2, 0.25) is 0 Å². The molecule has 0 bridgehead atoms. The van der Waals surface area contributed by atoms with Crippen LogP contribution in [-0.2, 0) is 0 Å². The molecule has 0 aromatic carbocycles. The van der Waals surface area contributed by atoms with Gasteiger partial charge in [0, 0.05) is 25.0 Å². The van der Waals surface area contributed by atoms with Crippen LogP contribution >= 0.6 is 12.6 Å². The van der Waals surface area contributed by atoms with Crippen molar-refractivity contribution in [3.05, 3.63) is 0 Å². The predicted molar refractivity (Wildman–Crippen MR) is 80.2 cm³/mol. The van der Waals surface area contributed by atoms with Gasteiger partial charge in [-0.25, -0.2) is 0 Å². The van der Waals surface area contributed by atoms with Gasteiger partial charge in [0.05, 0.1) is 6.10 Å². The third-order valence-electron chi connectivity index (χ3n) is 5.06. The van der Waals surface area contributed by atoms with Crippen LogP contribution in [0.25, 0.3) is 0 Å². The van der Waals surface area contributed by atoms with Crippen molar-refractivity contribution in [2.75, 3.05) is 25.4 Å². The Morgan fingerprint density at radius 2 is 1.89 bits per heavy atom. The molecular weight excluding hydrogens is 242 g/mol. The molecule has 1 aliphatic heterocycles. The summed E-state index contributed by atoms with van der Waals surface area (Å²) in [5, 5.41) is 10.0. The molecule has 0 radical (unpaired) electrons. The first kappa shape index (κ1) is 14.7. The van der Waals surface area contributed by atoms with Crippen molar-refractivity contribution in [1.29, 1.82) is 0 Å². The maximum Gasteiger partial charge on any atom is 0.0615 e. The summed E-state index contributed by atoms with van der Waals surface area (Å²) in [5.74, 6) is 1.02. The molecule has 0 amide bonds. The molecule has 1 atom stereocenters. The minimum atomic E-state index is -0.132. The van der Waals surface area contributed by atoms with Gasteiger partial charge in [-0.15, -0.1) is 0 Å². The summed E-state index contributed by atoms with van der Waals surface area (Å²) >= 11 is 4.63. The van der Waals surface area contributed by atoms with Gasteiger partial charge in [0.1, 0.15) is 0 Å². The van der Waals surface area contributed by atoms with Gasteiger partial charge in [0.15, 0.2) is 0 Å². The quantitative estimate of drug-likeness (QED) is 0.771. The first-order valence-electron chi connectivity index (χ1n) is 7.49. The van der Waals surface area contributed by atoms with E-state index in [0.717, 1.165) is 25.3 Å². The second-order valence-corrected chi connectivity index (χ2v) is 7.54. The summed E-state index contributed by atoms with van der Waals surface area (Å²) in [5.41, 5.74) is 0.491. The minimum Gasteiger partial charge on any atom is -0.392 e. The Morgan fingerprint density at radius 3 is 2.44 bits per heavy atom. The number of nitrogens with zero attached hydrogens (tertiary/aromatic N) is 1. The van der Waals surface area contributed by atoms with Crippen LogP contribution in [0.5, 0.6) is 0 Å². The summed E-state index contributed by atoms with van der Waals surface area (Å²) in [6, 6.07) is 0. The van der Waals surface area contributed by atoms with Gasteiger partial charge in [0.25, 0.3) is 0 Å². The van der Waals surface area contributed by atoms with Crippen LogP contribution in [0.4, 0.5) is 0 Å². The van der Waals surface area contributed by atoms with E-state index in [0.29, 0.717) is 5.41 Å². The molecule has 1 saturated carbocycles. The Kier molecular flexibility index (Phi) is 4.66. The Labute approximate surface area is 118 Å². The topological polar surface area (TPSA) is 23.5 Å². The first-order chi connectivity index (χ1) is 8.47. The maximum absolute atomic E-state index is 10.0. The molecule has 1 saturated heterocycles. The van der Waals surface area contributed by atoms with E-state index >= 15 is 0 Å². The average Bonchev–Trinajstić information content (AvgIpc) is 2.35. The van der Waals surface area contributed by atoms with E-state index in [4.69, 9.17) is 0 Å². The van der Waals surface area contributed by atoms with Crippen molar-refractivity contribution >= 4 is 12.6 Å². The molecule has 2 aliphatic rings. The smallest absolute Gasteiger partial charge is 0.0615 e. The van der Waals surface area contributed by atoms with Gasteiger partial charge in [-0.1, -0.05) is 33.1 Å². The lowest BCUT2D eigenvalue weighted by atomic mass is 9.74.